The molecule has 1 aliphatic rings. The van der Waals surface area contributed by atoms with E-state index in [0.29, 0.717) is 18.2 Å². The number of carbonyl (C=O) groups excluding carboxylic acids is 1. The maximum absolute atomic E-state index is 13.1. The van der Waals surface area contributed by atoms with Gasteiger partial charge in [-0.2, -0.15) is 0 Å². The van der Waals surface area contributed by atoms with Gasteiger partial charge < -0.3 is 14.8 Å². The molecule has 0 aliphatic carbocycles. The minimum Gasteiger partial charge on any atom is -0.497 e. The Morgan fingerprint density at radius 3 is 2.59 bits per heavy atom. The summed E-state index contributed by atoms with van der Waals surface area (Å²) in [6.45, 7) is 3.97. The van der Waals surface area contributed by atoms with E-state index in [1.165, 1.54) is 17.7 Å². The molecule has 1 fully saturated rings. The van der Waals surface area contributed by atoms with Crippen LogP contribution in [0.15, 0.2) is 48.5 Å². The van der Waals surface area contributed by atoms with Crippen LogP contribution in [0, 0.1) is 11.7 Å². The molecule has 2 aromatic carbocycles. The maximum atomic E-state index is 13.1. The molecule has 1 N–H and O–H groups in total. The highest BCUT2D eigenvalue weighted by atomic mass is 19.1. The standard InChI is InChI=1S/C23H29FN2O3/c1-28-21-7-5-19(6-8-21)17-26-12-9-18(10-13-26)16-25-23(27)11-14-29-22-4-2-3-20(24)15-22/h2-8,15,18H,9-14,16-17H2,1H3,(H,25,27). The van der Waals surface area contributed by atoms with Crippen molar-refractivity contribution in [3.8, 4) is 11.5 Å². The van der Waals surface area contributed by atoms with Crippen molar-refractivity contribution in [1.29, 1.82) is 0 Å². The lowest BCUT2D eigenvalue weighted by Gasteiger charge is -2.32. The molecule has 0 bridgehead atoms. The third-order valence-corrected chi connectivity index (χ3v) is 5.25. The van der Waals surface area contributed by atoms with Gasteiger partial charge in [-0.05, 0) is 61.7 Å². The van der Waals surface area contributed by atoms with Crippen molar-refractivity contribution < 1.29 is 18.7 Å². The van der Waals surface area contributed by atoms with Gasteiger partial charge in [0.25, 0.3) is 0 Å². The second-order valence-electron chi connectivity index (χ2n) is 7.43. The minimum absolute atomic E-state index is 0.0259. The normalized spacial score (nSPS) is 15.1. The third-order valence-electron chi connectivity index (χ3n) is 5.25. The van der Waals surface area contributed by atoms with Crippen LogP contribution in [0.2, 0.25) is 0 Å². The molecule has 3 rings (SSSR count). The molecule has 2 aromatic rings. The fourth-order valence-corrected chi connectivity index (χ4v) is 3.50. The Kier molecular flexibility index (Phi) is 7.87. The number of piperidine rings is 1. The van der Waals surface area contributed by atoms with E-state index in [-0.39, 0.29) is 24.8 Å². The van der Waals surface area contributed by atoms with Crippen LogP contribution >= 0.6 is 0 Å². The quantitative estimate of drug-likeness (QED) is 0.698. The topological polar surface area (TPSA) is 50.8 Å². The molecule has 5 nitrogen and oxygen atoms in total. The van der Waals surface area contributed by atoms with Gasteiger partial charge >= 0.3 is 0 Å². The predicted octanol–water partition coefficient (Wildman–Crippen LogP) is 3.63. The summed E-state index contributed by atoms with van der Waals surface area (Å²) in [7, 11) is 1.68. The average Bonchev–Trinajstić information content (AvgIpc) is 2.74. The number of ether oxygens (including phenoxy) is 2. The summed E-state index contributed by atoms with van der Waals surface area (Å²) in [5, 5.41) is 3.00. The van der Waals surface area contributed by atoms with Crippen molar-refractivity contribution in [2.24, 2.45) is 5.92 Å². The lowest BCUT2D eigenvalue weighted by molar-refractivity contribution is -0.121. The average molecular weight is 400 g/mol. The highest BCUT2D eigenvalue weighted by Crippen LogP contribution is 2.20. The van der Waals surface area contributed by atoms with Crippen LogP contribution in [-0.4, -0.2) is 44.2 Å². The SMILES string of the molecule is COc1ccc(CN2CCC(CNC(=O)CCOc3cccc(F)c3)CC2)cc1. The van der Waals surface area contributed by atoms with E-state index in [1.807, 2.05) is 12.1 Å². The second kappa shape index (κ2) is 10.8. The Morgan fingerprint density at radius 1 is 1.14 bits per heavy atom. The van der Waals surface area contributed by atoms with E-state index in [4.69, 9.17) is 9.47 Å². The van der Waals surface area contributed by atoms with Gasteiger partial charge in [0.05, 0.1) is 20.1 Å². The fraction of sp³-hybridized carbons (Fsp3) is 0.435. The number of hydrogen-bond acceptors (Lipinski definition) is 4. The van der Waals surface area contributed by atoms with E-state index >= 15 is 0 Å². The van der Waals surface area contributed by atoms with E-state index in [2.05, 4.69) is 22.3 Å². The predicted molar refractivity (Wildman–Crippen MR) is 111 cm³/mol. The molecule has 1 amide bonds. The summed E-state index contributed by atoms with van der Waals surface area (Å²) in [4.78, 5) is 14.5. The smallest absolute Gasteiger partial charge is 0.223 e. The number of nitrogens with zero attached hydrogens (tertiary/aromatic N) is 1. The molecule has 6 heteroatoms. The van der Waals surface area contributed by atoms with Crippen LogP contribution in [-0.2, 0) is 11.3 Å². The van der Waals surface area contributed by atoms with Gasteiger partial charge in [-0.25, -0.2) is 4.39 Å². The summed E-state index contributed by atoms with van der Waals surface area (Å²) >= 11 is 0. The highest BCUT2D eigenvalue weighted by molar-refractivity contribution is 5.75. The Balaban J connectivity index is 1.29. The van der Waals surface area contributed by atoms with Gasteiger partial charge in [0.2, 0.25) is 5.91 Å². The lowest BCUT2D eigenvalue weighted by Crippen LogP contribution is -2.38. The van der Waals surface area contributed by atoms with E-state index < -0.39 is 0 Å². The van der Waals surface area contributed by atoms with Gasteiger partial charge in [0.15, 0.2) is 0 Å². The van der Waals surface area contributed by atoms with Gasteiger partial charge in [0, 0.05) is 19.2 Å². The van der Waals surface area contributed by atoms with Crippen LogP contribution in [0.5, 0.6) is 11.5 Å². The molecule has 1 saturated heterocycles. The lowest BCUT2D eigenvalue weighted by atomic mass is 9.96. The first-order chi connectivity index (χ1) is 14.1. The summed E-state index contributed by atoms with van der Waals surface area (Å²) in [6.07, 6.45) is 2.43. The Bertz CT molecular complexity index is 774. The Labute approximate surface area is 171 Å². The zero-order valence-electron chi connectivity index (χ0n) is 16.9. The molecule has 1 heterocycles. The van der Waals surface area contributed by atoms with Crippen LogP contribution in [0.3, 0.4) is 0 Å². The molecule has 1 aliphatic heterocycles. The number of amides is 1. The van der Waals surface area contributed by atoms with Crippen molar-refractivity contribution in [2.75, 3.05) is 33.4 Å². The molecule has 0 saturated carbocycles. The zero-order chi connectivity index (χ0) is 20.5. The van der Waals surface area contributed by atoms with Crippen LogP contribution < -0.4 is 14.8 Å². The number of halogens is 1. The molecule has 0 spiro atoms. The minimum atomic E-state index is -0.342. The summed E-state index contributed by atoms with van der Waals surface area (Å²) in [6, 6.07) is 14.2. The fourth-order valence-electron chi connectivity index (χ4n) is 3.50. The summed E-state index contributed by atoms with van der Waals surface area (Å²) < 4.78 is 23.7. The molecule has 0 atom stereocenters. The number of rotatable bonds is 9. The highest BCUT2D eigenvalue weighted by Gasteiger charge is 2.19. The molecule has 156 valence electrons. The van der Waals surface area contributed by atoms with Crippen molar-refractivity contribution in [2.45, 2.75) is 25.8 Å². The van der Waals surface area contributed by atoms with Crippen molar-refractivity contribution in [3.05, 3.63) is 59.9 Å². The molecule has 0 unspecified atom stereocenters. The largest absolute Gasteiger partial charge is 0.497 e. The van der Waals surface area contributed by atoms with Crippen LogP contribution in [0.4, 0.5) is 4.39 Å². The third kappa shape index (κ3) is 7.06. The van der Waals surface area contributed by atoms with Crippen LogP contribution in [0.1, 0.15) is 24.8 Å². The van der Waals surface area contributed by atoms with E-state index in [0.717, 1.165) is 38.2 Å². The van der Waals surface area contributed by atoms with E-state index in [9.17, 15) is 9.18 Å². The van der Waals surface area contributed by atoms with Gasteiger partial charge in [0.1, 0.15) is 17.3 Å². The monoisotopic (exact) mass is 400 g/mol. The first kappa shape index (κ1) is 21.1. The molecule has 29 heavy (non-hydrogen) atoms. The number of carbonyl (C=O) groups is 1. The molecule has 0 aromatic heterocycles. The second-order valence-corrected chi connectivity index (χ2v) is 7.43. The summed E-state index contributed by atoms with van der Waals surface area (Å²) in [5.41, 5.74) is 1.29. The summed E-state index contributed by atoms with van der Waals surface area (Å²) in [5.74, 6) is 1.47. The van der Waals surface area contributed by atoms with Crippen molar-refractivity contribution in [3.63, 3.8) is 0 Å². The number of nitrogens with one attached hydrogen (secondary N) is 1. The first-order valence-electron chi connectivity index (χ1n) is 10.1. The molecular formula is C23H29FN2O3. The first-order valence-corrected chi connectivity index (χ1v) is 10.1. The van der Waals surface area contributed by atoms with Gasteiger partial charge in [-0.3, -0.25) is 9.69 Å². The number of hydrogen-bond donors (Lipinski definition) is 1. The van der Waals surface area contributed by atoms with Crippen LogP contribution in [0.25, 0.3) is 0 Å². The molecule has 0 radical (unpaired) electrons. The Morgan fingerprint density at radius 2 is 1.90 bits per heavy atom. The van der Waals surface area contributed by atoms with Crippen molar-refractivity contribution >= 4 is 5.91 Å². The zero-order valence-corrected chi connectivity index (χ0v) is 16.9. The van der Waals surface area contributed by atoms with E-state index in [1.54, 1.807) is 19.2 Å². The number of methoxy groups -OCH3 is 1. The number of likely N-dealkylation sites (tertiary alicyclic amines) is 1. The maximum Gasteiger partial charge on any atom is 0.223 e. The number of benzene rings is 2. The van der Waals surface area contributed by atoms with Crippen molar-refractivity contribution in [1.82, 2.24) is 10.2 Å². The van der Waals surface area contributed by atoms with Gasteiger partial charge in [-0.15, -0.1) is 0 Å². The molecular weight excluding hydrogens is 371 g/mol. The van der Waals surface area contributed by atoms with Gasteiger partial charge in [-0.1, -0.05) is 18.2 Å². The Hall–Kier alpha value is -2.60.